The Labute approximate surface area is 504 Å². The van der Waals surface area contributed by atoms with Crippen molar-refractivity contribution in [3.8, 4) is 0 Å². The topological polar surface area (TPSA) is 78.9 Å². The first-order valence-electron chi connectivity index (χ1n) is 32.8. The molecule has 6 heteroatoms. The van der Waals surface area contributed by atoms with Gasteiger partial charge < -0.3 is 14.2 Å². The fraction of sp³-hybridized carbons (Fsp3) is 0.566. The maximum absolute atomic E-state index is 12.9. The summed E-state index contributed by atoms with van der Waals surface area (Å²) in [5.41, 5.74) is 0. The average molecular weight is 1130 g/mol. The second-order valence-electron chi connectivity index (χ2n) is 20.9. The van der Waals surface area contributed by atoms with E-state index in [9.17, 15) is 14.4 Å². The van der Waals surface area contributed by atoms with Gasteiger partial charge in [0.05, 0.1) is 0 Å². The minimum absolute atomic E-state index is 0.109. The first-order chi connectivity index (χ1) is 40.5. The third-order valence-electron chi connectivity index (χ3n) is 13.2. The van der Waals surface area contributed by atoms with Crippen molar-refractivity contribution in [2.75, 3.05) is 13.2 Å². The molecule has 458 valence electrons. The molecule has 0 heterocycles. The molecule has 0 rings (SSSR count). The van der Waals surface area contributed by atoms with Crippen LogP contribution in [0, 0.1) is 0 Å². The van der Waals surface area contributed by atoms with Gasteiger partial charge in [-0.2, -0.15) is 0 Å². The summed E-state index contributed by atoms with van der Waals surface area (Å²) in [4.78, 5) is 38.2. The summed E-state index contributed by atoms with van der Waals surface area (Å²) >= 11 is 0. The van der Waals surface area contributed by atoms with Gasteiger partial charge in [-0.1, -0.05) is 287 Å². The summed E-state index contributed by atoms with van der Waals surface area (Å²) in [7, 11) is 0. The lowest BCUT2D eigenvalue weighted by Gasteiger charge is -2.18. The second kappa shape index (κ2) is 68.0. The van der Waals surface area contributed by atoms with E-state index in [4.69, 9.17) is 14.2 Å². The van der Waals surface area contributed by atoms with Crippen molar-refractivity contribution in [1.82, 2.24) is 0 Å². The normalized spacial score (nSPS) is 13.4. The van der Waals surface area contributed by atoms with E-state index < -0.39 is 6.10 Å². The van der Waals surface area contributed by atoms with Crippen molar-refractivity contribution >= 4 is 17.9 Å². The molecule has 0 aliphatic heterocycles. The molecule has 0 aliphatic carbocycles. The van der Waals surface area contributed by atoms with Crippen LogP contribution in [0.15, 0.2) is 182 Å². The van der Waals surface area contributed by atoms with Crippen molar-refractivity contribution in [1.29, 1.82) is 0 Å². The lowest BCUT2D eigenvalue weighted by molar-refractivity contribution is -0.167. The lowest BCUT2D eigenvalue weighted by Crippen LogP contribution is -2.30. The second-order valence-corrected chi connectivity index (χ2v) is 20.9. The monoisotopic (exact) mass is 1130 g/mol. The predicted molar refractivity (Wildman–Crippen MR) is 357 cm³/mol. The SMILES string of the molecule is CC/C=C\C/C=C\C/C=C\C/C=C\C/C=C\C/C=C\C/C=C\C/C=C\C/C=C\CCCC(=O)OCC(COC(=O)CCCCCCCCCCCC)OC(=O)CCCCCCCC/C=C\C/C=C\C/C=C\C/C=C\C/C=C\C/C=C\CC. The van der Waals surface area contributed by atoms with Gasteiger partial charge in [0.15, 0.2) is 6.10 Å². The molecule has 1 atom stereocenters. The first kappa shape index (κ1) is 76.5. The fourth-order valence-electron chi connectivity index (χ4n) is 8.33. The molecule has 0 fully saturated rings. The molecule has 0 spiro atoms. The lowest BCUT2D eigenvalue weighted by atomic mass is 10.1. The Morgan fingerprint density at radius 3 is 0.793 bits per heavy atom. The molecule has 0 bridgehead atoms. The van der Waals surface area contributed by atoms with E-state index in [1.54, 1.807) is 0 Å². The molecule has 0 aromatic carbocycles. The standard InChI is InChI=1S/C76H118O6/c1-4-7-10-13-16-19-22-24-26-28-30-32-34-36-37-38-39-41-42-44-46-48-50-52-54-57-60-63-66-69-75(78)81-72-73(71-80-74(77)68-65-62-59-56-21-18-15-12-9-6-3)82-76(79)70-67-64-61-58-55-53-51-49-47-45-43-40-35-33-31-29-27-25-23-20-17-14-11-8-5-2/h7-8,10-11,16-17,19-20,24-27,30-33,36-37,39-41,43-44,46-47,49-50,52,57,60,73H,4-6,9,12-15,18,21-23,28-29,34-35,38,42,45,48,51,53-56,58-59,61-72H2,1-3H3/b10-7-,11-8-,19-16-,20-17-,26-24-,27-25-,32-30-,33-31-,37-36-,41-39-,43-40-,46-44-,49-47-,52-50-,60-57-. The van der Waals surface area contributed by atoms with Gasteiger partial charge >= 0.3 is 17.9 Å². The number of carbonyl (C=O) groups is 3. The van der Waals surface area contributed by atoms with E-state index in [0.717, 1.165) is 154 Å². The molecular weight excluding hydrogens is 1010 g/mol. The van der Waals surface area contributed by atoms with Crippen LogP contribution in [0.25, 0.3) is 0 Å². The smallest absolute Gasteiger partial charge is 0.306 e. The van der Waals surface area contributed by atoms with Gasteiger partial charge in [-0.3, -0.25) is 14.4 Å². The van der Waals surface area contributed by atoms with Gasteiger partial charge in [0.1, 0.15) is 13.2 Å². The van der Waals surface area contributed by atoms with Gasteiger partial charge in [-0.25, -0.2) is 0 Å². The molecular formula is C76H118O6. The zero-order valence-electron chi connectivity index (χ0n) is 52.4. The van der Waals surface area contributed by atoms with Gasteiger partial charge in [0, 0.05) is 19.3 Å². The van der Waals surface area contributed by atoms with Crippen LogP contribution in [0.2, 0.25) is 0 Å². The van der Waals surface area contributed by atoms with Crippen LogP contribution < -0.4 is 0 Å². The van der Waals surface area contributed by atoms with E-state index in [1.165, 1.54) is 57.8 Å². The molecule has 82 heavy (non-hydrogen) atoms. The highest BCUT2D eigenvalue weighted by atomic mass is 16.6. The highest BCUT2D eigenvalue weighted by Gasteiger charge is 2.19. The molecule has 0 saturated carbocycles. The van der Waals surface area contributed by atoms with Gasteiger partial charge in [-0.05, 0) is 135 Å². The molecule has 0 N–H and O–H groups in total. The minimum atomic E-state index is -0.819. The zero-order chi connectivity index (χ0) is 59.2. The fourth-order valence-corrected chi connectivity index (χ4v) is 8.33. The average Bonchev–Trinajstić information content (AvgIpc) is 3.48. The van der Waals surface area contributed by atoms with E-state index in [0.29, 0.717) is 19.3 Å². The number of allylic oxidation sites excluding steroid dienone is 30. The summed E-state index contributed by atoms with van der Waals surface area (Å²) in [5.74, 6) is -0.995. The third kappa shape index (κ3) is 65.3. The Morgan fingerprint density at radius 2 is 0.488 bits per heavy atom. The van der Waals surface area contributed by atoms with Gasteiger partial charge in [0.25, 0.3) is 0 Å². The number of esters is 3. The number of ether oxygens (including phenoxy) is 3. The van der Waals surface area contributed by atoms with Crippen molar-refractivity contribution in [3.05, 3.63) is 182 Å². The number of hydrogen-bond donors (Lipinski definition) is 0. The number of rotatable bonds is 57. The van der Waals surface area contributed by atoms with Crippen LogP contribution in [0.4, 0.5) is 0 Å². The highest BCUT2D eigenvalue weighted by molar-refractivity contribution is 5.71. The molecule has 0 aromatic heterocycles. The highest BCUT2D eigenvalue weighted by Crippen LogP contribution is 2.14. The largest absolute Gasteiger partial charge is 0.462 e. The Kier molecular flexibility index (Phi) is 63.5. The molecule has 0 radical (unpaired) electrons. The Hall–Kier alpha value is -5.49. The first-order valence-corrected chi connectivity index (χ1v) is 32.8. The quantitative estimate of drug-likeness (QED) is 0.0261. The molecule has 6 nitrogen and oxygen atoms in total. The van der Waals surface area contributed by atoms with Crippen molar-refractivity contribution in [2.45, 2.75) is 264 Å². The van der Waals surface area contributed by atoms with E-state index >= 15 is 0 Å². The molecule has 0 aliphatic rings. The maximum Gasteiger partial charge on any atom is 0.306 e. The molecule has 0 amide bonds. The summed E-state index contributed by atoms with van der Waals surface area (Å²) in [5, 5.41) is 0. The number of hydrogen-bond acceptors (Lipinski definition) is 6. The number of carbonyl (C=O) groups excluding carboxylic acids is 3. The number of unbranched alkanes of at least 4 members (excludes halogenated alkanes) is 16. The van der Waals surface area contributed by atoms with Crippen LogP contribution in [0.1, 0.15) is 258 Å². The summed E-state index contributed by atoms with van der Waals surface area (Å²) in [6.07, 6.45) is 102. The summed E-state index contributed by atoms with van der Waals surface area (Å²) in [6, 6.07) is 0. The molecule has 0 aromatic rings. The Balaban J connectivity index is 4.43. The van der Waals surface area contributed by atoms with Crippen LogP contribution in [0.3, 0.4) is 0 Å². The van der Waals surface area contributed by atoms with Gasteiger partial charge in [-0.15, -0.1) is 0 Å². The Morgan fingerprint density at radius 1 is 0.256 bits per heavy atom. The third-order valence-corrected chi connectivity index (χ3v) is 13.2. The van der Waals surface area contributed by atoms with Crippen LogP contribution >= 0.6 is 0 Å². The Bertz CT molecular complexity index is 1920. The van der Waals surface area contributed by atoms with E-state index in [-0.39, 0.29) is 37.5 Å². The van der Waals surface area contributed by atoms with Crippen LogP contribution in [0.5, 0.6) is 0 Å². The van der Waals surface area contributed by atoms with Gasteiger partial charge in [0.2, 0.25) is 0 Å². The van der Waals surface area contributed by atoms with E-state index in [2.05, 4.69) is 203 Å². The molecule has 1 unspecified atom stereocenters. The minimum Gasteiger partial charge on any atom is -0.462 e. The van der Waals surface area contributed by atoms with Crippen molar-refractivity contribution < 1.29 is 28.6 Å². The van der Waals surface area contributed by atoms with E-state index in [1.807, 2.05) is 0 Å². The van der Waals surface area contributed by atoms with Crippen molar-refractivity contribution in [2.24, 2.45) is 0 Å². The van der Waals surface area contributed by atoms with Crippen molar-refractivity contribution in [3.63, 3.8) is 0 Å². The predicted octanol–water partition coefficient (Wildman–Crippen LogP) is 22.8. The molecule has 0 saturated heterocycles. The van der Waals surface area contributed by atoms with Crippen LogP contribution in [-0.2, 0) is 28.6 Å². The summed E-state index contributed by atoms with van der Waals surface area (Å²) < 4.78 is 16.8. The van der Waals surface area contributed by atoms with Crippen LogP contribution in [-0.4, -0.2) is 37.2 Å². The zero-order valence-corrected chi connectivity index (χ0v) is 52.4. The maximum atomic E-state index is 12.9. The summed E-state index contributed by atoms with van der Waals surface area (Å²) in [6.45, 7) is 6.33.